The Balaban J connectivity index is 0.00000242. The Kier molecular flexibility index (Phi) is 8.69. The van der Waals surface area contributed by atoms with Gasteiger partial charge in [-0.3, -0.25) is 4.79 Å². The number of aromatic nitrogens is 1. The van der Waals surface area contributed by atoms with Gasteiger partial charge in [-0.2, -0.15) is 0 Å². The molecule has 1 heterocycles. The van der Waals surface area contributed by atoms with Crippen molar-refractivity contribution >= 4 is 42.1 Å². The first kappa shape index (κ1) is 21.8. The smallest absolute Gasteiger partial charge is 0.265 e. The number of nitrogens with two attached hydrogens (primary N) is 1. The van der Waals surface area contributed by atoms with Crippen LogP contribution in [0.25, 0.3) is 10.6 Å². The summed E-state index contributed by atoms with van der Waals surface area (Å²) in [5.41, 5.74) is 7.08. The minimum Gasteiger partial charge on any atom is -0.337 e. The normalized spacial score (nSPS) is 11.2. The summed E-state index contributed by atoms with van der Waals surface area (Å²) in [6, 6.07) is 6.06. The van der Waals surface area contributed by atoms with Crippen LogP contribution in [0.3, 0.4) is 0 Å². The molecule has 1 aromatic carbocycles. The van der Waals surface area contributed by atoms with E-state index in [0.29, 0.717) is 22.1 Å². The van der Waals surface area contributed by atoms with Crippen molar-refractivity contribution in [2.75, 3.05) is 13.6 Å². The van der Waals surface area contributed by atoms with E-state index in [1.54, 1.807) is 31.0 Å². The van der Waals surface area contributed by atoms with E-state index in [1.165, 1.54) is 23.5 Å². The molecular weight excluding hydrogens is 360 g/mol. The van der Waals surface area contributed by atoms with Gasteiger partial charge in [-0.25, -0.2) is 9.37 Å². The van der Waals surface area contributed by atoms with Crippen LogP contribution in [0.4, 0.5) is 4.39 Å². The third-order valence-electron chi connectivity index (χ3n) is 3.40. The number of rotatable bonds is 4. The lowest BCUT2D eigenvalue weighted by Crippen LogP contribution is -2.39. The van der Waals surface area contributed by atoms with E-state index in [-0.39, 0.29) is 42.6 Å². The number of likely N-dealkylation sites (N-methyl/N-ethyl adjacent to an activating group) is 1. The Morgan fingerprint density at radius 2 is 1.91 bits per heavy atom. The molecule has 2 rings (SSSR count). The lowest BCUT2D eigenvalue weighted by Gasteiger charge is -2.23. The van der Waals surface area contributed by atoms with Crippen molar-refractivity contribution in [1.29, 1.82) is 0 Å². The molecule has 0 bridgehead atoms. The average molecular weight is 380 g/mol. The number of benzene rings is 1. The Labute approximate surface area is 151 Å². The third kappa shape index (κ3) is 4.88. The molecule has 2 aromatic rings. The van der Waals surface area contributed by atoms with Gasteiger partial charge in [-0.15, -0.1) is 36.2 Å². The van der Waals surface area contributed by atoms with Gasteiger partial charge in [0.05, 0.1) is 5.69 Å². The summed E-state index contributed by atoms with van der Waals surface area (Å²) < 4.78 is 13.0. The molecular formula is C15H20Cl2FN3OS. The number of hydrogen-bond donors (Lipinski definition) is 1. The molecule has 0 fully saturated rings. The topological polar surface area (TPSA) is 59.2 Å². The number of carbonyl (C=O) groups excluding carboxylic acids is 1. The summed E-state index contributed by atoms with van der Waals surface area (Å²) in [5, 5.41) is 0.713. The Morgan fingerprint density at radius 1 is 1.35 bits per heavy atom. The van der Waals surface area contributed by atoms with Crippen molar-refractivity contribution in [2.24, 2.45) is 5.73 Å². The highest BCUT2D eigenvalue weighted by Gasteiger charge is 2.22. The standard InChI is InChI=1S/C15H18FN3OS.2ClH/c1-9(8-17)19(3)15(20)13-10(2)18-14(21-13)11-4-6-12(16)7-5-11;;/h4-7,9H,8,17H2,1-3H3;2*1H. The fourth-order valence-electron chi connectivity index (χ4n) is 1.83. The quantitative estimate of drug-likeness (QED) is 0.883. The monoisotopic (exact) mass is 379 g/mol. The molecule has 2 N–H and O–H groups in total. The van der Waals surface area contributed by atoms with Crippen LogP contribution in [0, 0.1) is 12.7 Å². The van der Waals surface area contributed by atoms with Crippen LogP contribution in [-0.2, 0) is 0 Å². The van der Waals surface area contributed by atoms with Gasteiger partial charge >= 0.3 is 0 Å². The van der Waals surface area contributed by atoms with Crippen molar-refractivity contribution in [3.63, 3.8) is 0 Å². The molecule has 128 valence electrons. The van der Waals surface area contributed by atoms with E-state index >= 15 is 0 Å². The molecule has 1 aromatic heterocycles. The predicted octanol–water partition coefficient (Wildman–Crippen LogP) is 3.52. The molecule has 0 radical (unpaired) electrons. The molecule has 0 spiro atoms. The molecule has 4 nitrogen and oxygen atoms in total. The number of amides is 1. The van der Waals surface area contributed by atoms with Crippen molar-refractivity contribution in [2.45, 2.75) is 19.9 Å². The highest BCUT2D eigenvalue weighted by atomic mass is 35.5. The van der Waals surface area contributed by atoms with Crippen LogP contribution in [0.2, 0.25) is 0 Å². The summed E-state index contributed by atoms with van der Waals surface area (Å²) in [7, 11) is 1.73. The number of nitrogens with zero attached hydrogens (tertiary/aromatic N) is 2. The first-order valence-electron chi connectivity index (χ1n) is 6.64. The van der Waals surface area contributed by atoms with E-state index in [4.69, 9.17) is 5.73 Å². The van der Waals surface area contributed by atoms with Gasteiger partial charge in [-0.1, -0.05) is 0 Å². The number of aryl methyl sites for hydroxylation is 1. The zero-order valence-corrected chi connectivity index (χ0v) is 15.5. The number of hydrogen-bond acceptors (Lipinski definition) is 4. The van der Waals surface area contributed by atoms with Gasteiger partial charge in [0.2, 0.25) is 0 Å². The van der Waals surface area contributed by atoms with Crippen LogP contribution < -0.4 is 5.73 Å². The van der Waals surface area contributed by atoms with Gasteiger partial charge in [0, 0.05) is 25.2 Å². The molecule has 0 saturated carbocycles. The molecule has 1 amide bonds. The maximum absolute atomic E-state index is 13.0. The maximum atomic E-state index is 13.0. The first-order chi connectivity index (χ1) is 9.93. The molecule has 0 saturated heterocycles. The van der Waals surface area contributed by atoms with Crippen molar-refractivity contribution in [3.05, 3.63) is 40.7 Å². The van der Waals surface area contributed by atoms with Crippen LogP contribution in [-0.4, -0.2) is 35.4 Å². The van der Waals surface area contributed by atoms with Gasteiger partial charge < -0.3 is 10.6 Å². The second kappa shape index (κ2) is 9.17. The zero-order chi connectivity index (χ0) is 15.6. The fraction of sp³-hybridized carbons (Fsp3) is 0.333. The molecule has 1 atom stereocenters. The van der Waals surface area contributed by atoms with E-state index in [0.717, 1.165) is 5.56 Å². The van der Waals surface area contributed by atoms with Crippen molar-refractivity contribution in [3.8, 4) is 10.6 Å². The minimum atomic E-state index is -0.292. The second-order valence-corrected chi connectivity index (χ2v) is 5.94. The Bertz CT molecular complexity index is 649. The van der Waals surface area contributed by atoms with Gasteiger partial charge in [-0.05, 0) is 38.1 Å². The Morgan fingerprint density at radius 3 is 2.43 bits per heavy atom. The summed E-state index contributed by atoms with van der Waals surface area (Å²) in [6.07, 6.45) is 0. The summed E-state index contributed by atoms with van der Waals surface area (Å²) in [6.45, 7) is 4.11. The van der Waals surface area contributed by atoms with Crippen molar-refractivity contribution < 1.29 is 9.18 Å². The highest BCUT2D eigenvalue weighted by molar-refractivity contribution is 7.17. The first-order valence-corrected chi connectivity index (χ1v) is 7.46. The van der Waals surface area contributed by atoms with Crippen LogP contribution in [0.5, 0.6) is 0 Å². The van der Waals surface area contributed by atoms with Crippen LogP contribution in [0.15, 0.2) is 24.3 Å². The van der Waals surface area contributed by atoms with E-state index in [9.17, 15) is 9.18 Å². The van der Waals surface area contributed by atoms with E-state index in [1.807, 2.05) is 6.92 Å². The lowest BCUT2D eigenvalue weighted by molar-refractivity contribution is 0.0752. The molecule has 0 aliphatic carbocycles. The summed E-state index contributed by atoms with van der Waals surface area (Å²) >= 11 is 1.32. The SMILES string of the molecule is Cc1nc(-c2ccc(F)cc2)sc1C(=O)N(C)C(C)CN.Cl.Cl. The highest BCUT2D eigenvalue weighted by Crippen LogP contribution is 2.29. The molecule has 0 aliphatic heterocycles. The minimum absolute atomic E-state index is 0. The molecule has 8 heteroatoms. The summed E-state index contributed by atoms with van der Waals surface area (Å²) in [5.74, 6) is -0.379. The zero-order valence-electron chi connectivity index (χ0n) is 13.1. The maximum Gasteiger partial charge on any atom is 0.265 e. The average Bonchev–Trinajstić information content (AvgIpc) is 2.87. The summed E-state index contributed by atoms with van der Waals surface area (Å²) in [4.78, 5) is 19.1. The van der Waals surface area contributed by atoms with Gasteiger partial charge in [0.25, 0.3) is 5.91 Å². The van der Waals surface area contributed by atoms with Crippen LogP contribution >= 0.6 is 36.2 Å². The molecule has 1 unspecified atom stereocenters. The third-order valence-corrected chi connectivity index (χ3v) is 4.60. The van der Waals surface area contributed by atoms with Gasteiger partial charge in [0.1, 0.15) is 15.7 Å². The number of carbonyl (C=O) groups is 1. The second-order valence-electron chi connectivity index (χ2n) is 4.94. The predicted molar refractivity (Wildman–Crippen MR) is 97.4 cm³/mol. The van der Waals surface area contributed by atoms with E-state index < -0.39 is 0 Å². The fourth-order valence-corrected chi connectivity index (χ4v) is 2.88. The lowest BCUT2D eigenvalue weighted by atomic mass is 10.2. The molecule has 23 heavy (non-hydrogen) atoms. The van der Waals surface area contributed by atoms with Crippen molar-refractivity contribution in [1.82, 2.24) is 9.88 Å². The molecule has 0 aliphatic rings. The Hall–Kier alpha value is -1.21. The number of thiazole rings is 1. The van der Waals surface area contributed by atoms with Gasteiger partial charge in [0.15, 0.2) is 0 Å². The van der Waals surface area contributed by atoms with Crippen LogP contribution in [0.1, 0.15) is 22.3 Å². The van der Waals surface area contributed by atoms with E-state index in [2.05, 4.69) is 4.98 Å². The number of halogens is 3. The largest absolute Gasteiger partial charge is 0.337 e.